The number of benzene rings is 3. The molecule has 1 aliphatic rings. The molecule has 3 aromatic rings. The van der Waals surface area contributed by atoms with Gasteiger partial charge in [0.05, 0.1) is 6.04 Å². The van der Waals surface area contributed by atoms with Crippen LogP contribution in [0.1, 0.15) is 22.7 Å². The summed E-state index contributed by atoms with van der Waals surface area (Å²) < 4.78 is 14.2. The maximum absolute atomic E-state index is 13.3. The fraction of sp³-hybridized carbons (Fsp3) is 0.0870. The zero-order chi connectivity index (χ0) is 19.7. The first kappa shape index (κ1) is 18.4. The molecule has 0 aromatic heterocycles. The second kappa shape index (κ2) is 7.60. The molecule has 1 heterocycles. The molecular weight excluding hydrogens is 421 g/mol. The number of rotatable bonds is 4. The van der Waals surface area contributed by atoms with E-state index in [9.17, 15) is 14.3 Å². The molecule has 28 heavy (non-hydrogen) atoms. The maximum atomic E-state index is 13.3. The minimum atomic E-state index is -0.437. The Morgan fingerprint density at radius 2 is 1.57 bits per heavy atom. The highest BCUT2D eigenvalue weighted by Crippen LogP contribution is 2.43. The second-order valence-corrected chi connectivity index (χ2v) is 7.56. The Bertz CT molecular complexity index is 1030. The summed E-state index contributed by atoms with van der Waals surface area (Å²) in [6.07, 6.45) is 0. The average molecular weight is 438 g/mol. The third-order valence-corrected chi connectivity index (χ3v) is 5.37. The van der Waals surface area contributed by atoms with Crippen LogP contribution in [0.2, 0.25) is 0 Å². The van der Waals surface area contributed by atoms with Crippen LogP contribution >= 0.6 is 15.9 Å². The molecule has 1 atom stereocenters. The summed E-state index contributed by atoms with van der Waals surface area (Å²) in [5.41, 5.74) is 3.05. The van der Waals surface area contributed by atoms with E-state index in [1.165, 1.54) is 12.1 Å². The minimum absolute atomic E-state index is 0.249. The molecule has 0 radical (unpaired) electrons. The lowest BCUT2D eigenvalue weighted by atomic mass is 9.93. The lowest BCUT2D eigenvalue weighted by molar-refractivity contribution is -0.130. The molecule has 1 unspecified atom stereocenters. The Labute approximate surface area is 170 Å². The fourth-order valence-electron chi connectivity index (χ4n) is 3.51. The third-order valence-electron chi connectivity index (χ3n) is 4.84. The molecule has 3 nitrogen and oxygen atoms in total. The molecule has 0 saturated heterocycles. The molecule has 5 heteroatoms. The number of nitrogens with zero attached hydrogens (tertiary/aromatic N) is 1. The Morgan fingerprint density at radius 1 is 0.929 bits per heavy atom. The van der Waals surface area contributed by atoms with E-state index >= 15 is 0 Å². The van der Waals surface area contributed by atoms with E-state index in [1.54, 1.807) is 17.0 Å². The van der Waals surface area contributed by atoms with Gasteiger partial charge >= 0.3 is 0 Å². The molecule has 0 bridgehead atoms. The van der Waals surface area contributed by atoms with Gasteiger partial charge in [0.15, 0.2) is 5.76 Å². The van der Waals surface area contributed by atoms with Crippen molar-refractivity contribution in [2.24, 2.45) is 0 Å². The Morgan fingerprint density at radius 3 is 2.21 bits per heavy atom. The van der Waals surface area contributed by atoms with Gasteiger partial charge in [-0.3, -0.25) is 4.79 Å². The summed E-state index contributed by atoms with van der Waals surface area (Å²) in [6.45, 7) is 0.264. The SMILES string of the molecule is O=C1C(O)=C(c2ccccc2)C(c2ccc(Br)cc2)N1Cc1ccc(F)cc1. The van der Waals surface area contributed by atoms with Crippen molar-refractivity contribution in [3.8, 4) is 0 Å². The van der Waals surface area contributed by atoms with Crippen molar-refractivity contribution in [2.75, 3.05) is 0 Å². The van der Waals surface area contributed by atoms with Crippen LogP contribution in [0.3, 0.4) is 0 Å². The molecular formula is C23H17BrFNO2. The molecule has 1 N–H and O–H groups in total. The van der Waals surface area contributed by atoms with E-state index in [2.05, 4.69) is 15.9 Å². The number of amides is 1. The number of aliphatic hydroxyl groups is 1. The van der Waals surface area contributed by atoms with Crippen molar-refractivity contribution in [1.29, 1.82) is 0 Å². The Kier molecular flexibility index (Phi) is 5.01. The predicted molar refractivity (Wildman–Crippen MR) is 110 cm³/mol. The molecule has 4 rings (SSSR count). The zero-order valence-corrected chi connectivity index (χ0v) is 16.4. The summed E-state index contributed by atoms with van der Waals surface area (Å²) >= 11 is 3.44. The number of carbonyl (C=O) groups excluding carboxylic acids is 1. The van der Waals surface area contributed by atoms with E-state index in [0.717, 1.165) is 21.2 Å². The van der Waals surface area contributed by atoms with Crippen LogP contribution in [0, 0.1) is 5.82 Å². The Hall–Kier alpha value is -2.92. The highest BCUT2D eigenvalue weighted by molar-refractivity contribution is 9.10. The number of carbonyl (C=O) groups is 1. The largest absolute Gasteiger partial charge is 0.503 e. The highest BCUT2D eigenvalue weighted by atomic mass is 79.9. The number of aliphatic hydroxyl groups excluding tert-OH is 1. The minimum Gasteiger partial charge on any atom is -0.503 e. The molecule has 140 valence electrons. The van der Waals surface area contributed by atoms with Gasteiger partial charge in [0.25, 0.3) is 5.91 Å². The Balaban J connectivity index is 1.80. The van der Waals surface area contributed by atoms with E-state index in [4.69, 9.17) is 0 Å². The predicted octanol–water partition coefficient (Wildman–Crippen LogP) is 5.64. The molecule has 0 aliphatic carbocycles. The third kappa shape index (κ3) is 3.45. The van der Waals surface area contributed by atoms with E-state index in [-0.39, 0.29) is 18.1 Å². The van der Waals surface area contributed by atoms with E-state index in [1.807, 2.05) is 54.6 Å². The zero-order valence-electron chi connectivity index (χ0n) is 14.8. The van der Waals surface area contributed by atoms with Crippen LogP contribution in [0.4, 0.5) is 4.39 Å². The molecule has 3 aromatic carbocycles. The topological polar surface area (TPSA) is 40.5 Å². The van der Waals surface area contributed by atoms with Crippen molar-refractivity contribution in [1.82, 2.24) is 4.90 Å². The van der Waals surface area contributed by atoms with Gasteiger partial charge in [-0.2, -0.15) is 0 Å². The first-order valence-corrected chi connectivity index (χ1v) is 9.63. The smallest absolute Gasteiger partial charge is 0.290 e. The first-order valence-electron chi connectivity index (χ1n) is 8.84. The van der Waals surface area contributed by atoms with E-state index in [0.29, 0.717) is 5.57 Å². The van der Waals surface area contributed by atoms with Crippen molar-refractivity contribution in [3.05, 3.63) is 112 Å². The molecule has 0 saturated carbocycles. The highest BCUT2D eigenvalue weighted by Gasteiger charge is 2.40. The quantitative estimate of drug-likeness (QED) is 0.573. The molecule has 1 aliphatic heterocycles. The van der Waals surface area contributed by atoms with Crippen LogP contribution in [-0.4, -0.2) is 15.9 Å². The van der Waals surface area contributed by atoms with Gasteiger partial charge in [0.1, 0.15) is 5.82 Å². The van der Waals surface area contributed by atoms with Crippen LogP contribution in [0.5, 0.6) is 0 Å². The van der Waals surface area contributed by atoms with Gasteiger partial charge in [0.2, 0.25) is 0 Å². The van der Waals surface area contributed by atoms with Gasteiger partial charge in [-0.25, -0.2) is 4.39 Å². The van der Waals surface area contributed by atoms with Gasteiger partial charge in [-0.05, 0) is 41.0 Å². The second-order valence-electron chi connectivity index (χ2n) is 6.64. The standard InChI is InChI=1S/C23H17BrFNO2/c24-18-10-8-17(9-11-18)21-20(16-4-2-1-3-5-16)22(27)23(28)26(21)14-15-6-12-19(25)13-7-15/h1-13,21,27H,14H2. The fourth-order valence-corrected chi connectivity index (χ4v) is 3.77. The number of hydrogen-bond acceptors (Lipinski definition) is 2. The summed E-state index contributed by atoms with van der Waals surface area (Å²) in [5.74, 6) is -1.01. The van der Waals surface area contributed by atoms with Crippen molar-refractivity contribution in [3.63, 3.8) is 0 Å². The van der Waals surface area contributed by atoms with Crippen LogP contribution in [0.25, 0.3) is 5.57 Å². The molecule has 1 amide bonds. The normalized spacial score (nSPS) is 16.7. The number of hydrogen-bond donors (Lipinski definition) is 1. The van der Waals surface area contributed by atoms with Crippen molar-refractivity contribution >= 4 is 27.4 Å². The molecule has 0 spiro atoms. The molecule has 0 fully saturated rings. The monoisotopic (exact) mass is 437 g/mol. The maximum Gasteiger partial charge on any atom is 0.290 e. The van der Waals surface area contributed by atoms with Crippen molar-refractivity contribution < 1.29 is 14.3 Å². The summed E-state index contributed by atoms with van der Waals surface area (Å²) in [4.78, 5) is 14.6. The van der Waals surface area contributed by atoms with Crippen LogP contribution in [0.15, 0.2) is 89.1 Å². The first-order chi connectivity index (χ1) is 13.5. The summed E-state index contributed by atoms with van der Waals surface area (Å²) in [5, 5.41) is 10.7. The van der Waals surface area contributed by atoms with Crippen molar-refractivity contribution in [2.45, 2.75) is 12.6 Å². The van der Waals surface area contributed by atoms with Gasteiger partial charge < -0.3 is 10.0 Å². The summed E-state index contributed by atoms with van der Waals surface area (Å²) in [6, 6.07) is 22.7. The van der Waals surface area contributed by atoms with Crippen LogP contribution < -0.4 is 0 Å². The lowest BCUT2D eigenvalue weighted by Gasteiger charge is -2.27. The summed E-state index contributed by atoms with van der Waals surface area (Å²) in [7, 11) is 0. The van der Waals surface area contributed by atoms with Crippen LogP contribution in [-0.2, 0) is 11.3 Å². The van der Waals surface area contributed by atoms with Gasteiger partial charge in [0, 0.05) is 16.6 Å². The average Bonchev–Trinajstić information content (AvgIpc) is 2.96. The van der Waals surface area contributed by atoms with Gasteiger partial charge in [-0.15, -0.1) is 0 Å². The number of halogens is 2. The lowest BCUT2D eigenvalue weighted by Crippen LogP contribution is -2.29. The van der Waals surface area contributed by atoms with E-state index < -0.39 is 11.9 Å². The van der Waals surface area contributed by atoms with Gasteiger partial charge in [-0.1, -0.05) is 70.5 Å².